The molecular formula is C13H18ClN3O. The molecule has 0 radical (unpaired) electrons. The monoisotopic (exact) mass is 267 g/mol. The average molecular weight is 268 g/mol. The molecule has 0 atom stereocenters. The van der Waals surface area contributed by atoms with Gasteiger partial charge in [0.15, 0.2) is 0 Å². The smallest absolute Gasteiger partial charge is 0.0947 e. The summed E-state index contributed by atoms with van der Waals surface area (Å²) in [4.78, 5) is 0. The third-order valence-electron chi connectivity index (χ3n) is 2.90. The Kier molecular flexibility index (Phi) is 4.44. The topological polar surface area (TPSA) is 43.0 Å². The Morgan fingerprint density at radius 1 is 1.39 bits per heavy atom. The van der Waals surface area contributed by atoms with Crippen molar-refractivity contribution in [3.63, 3.8) is 0 Å². The Bertz CT molecular complexity index is 491. The van der Waals surface area contributed by atoms with Crippen molar-refractivity contribution in [3.8, 4) is 0 Å². The molecular weight excluding hydrogens is 250 g/mol. The summed E-state index contributed by atoms with van der Waals surface area (Å²) < 4.78 is 6.99. The molecule has 0 amide bonds. The molecule has 1 N–H and O–H groups in total. The zero-order valence-corrected chi connectivity index (χ0v) is 11.5. The van der Waals surface area contributed by atoms with Gasteiger partial charge in [-0.3, -0.25) is 4.68 Å². The Morgan fingerprint density at radius 2 is 2.22 bits per heavy atom. The molecule has 0 fully saturated rings. The molecule has 4 nitrogen and oxygen atoms in total. The van der Waals surface area contributed by atoms with Gasteiger partial charge >= 0.3 is 0 Å². The number of aryl methyl sites for hydroxylation is 2. The fourth-order valence-electron chi connectivity index (χ4n) is 1.90. The summed E-state index contributed by atoms with van der Waals surface area (Å²) in [7, 11) is 0. The number of hydrogen-bond acceptors (Lipinski definition) is 3. The van der Waals surface area contributed by atoms with Crippen LogP contribution in [0.25, 0.3) is 0 Å². The van der Waals surface area contributed by atoms with E-state index in [1.165, 1.54) is 0 Å². The minimum atomic E-state index is 0.713. The molecule has 2 rings (SSSR count). The number of nitrogens with zero attached hydrogens (tertiary/aromatic N) is 2. The lowest BCUT2D eigenvalue weighted by molar-refractivity contribution is 0.554. The molecule has 0 saturated carbocycles. The van der Waals surface area contributed by atoms with Gasteiger partial charge < -0.3 is 9.73 Å². The van der Waals surface area contributed by atoms with Crippen LogP contribution in [-0.4, -0.2) is 9.78 Å². The quantitative estimate of drug-likeness (QED) is 0.875. The molecule has 0 spiro atoms. The van der Waals surface area contributed by atoms with E-state index in [-0.39, 0.29) is 0 Å². The van der Waals surface area contributed by atoms with Crippen LogP contribution in [0.15, 0.2) is 23.0 Å². The zero-order valence-electron chi connectivity index (χ0n) is 10.7. The maximum Gasteiger partial charge on any atom is 0.0947 e. The lowest BCUT2D eigenvalue weighted by Gasteiger charge is -2.06. The summed E-state index contributed by atoms with van der Waals surface area (Å²) in [6, 6.07) is 1.95. The molecule has 0 aromatic carbocycles. The normalized spacial score (nSPS) is 11.1. The molecule has 0 aliphatic carbocycles. The van der Waals surface area contributed by atoms with E-state index in [2.05, 4.69) is 24.3 Å². The van der Waals surface area contributed by atoms with Crippen molar-refractivity contribution in [1.82, 2.24) is 15.1 Å². The molecule has 2 aromatic heterocycles. The van der Waals surface area contributed by atoms with Gasteiger partial charge in [0.05, 0.1) is 28.9 Å². The first kappa shape index (κ1) is 13.2. The van der Waals surface area contributed by atoms with Crippen molar-refractivity contribution in [2.24, 2.45) is 0 Å². The Hall–Kier alpha value is -1.26. The standard InChI is InChI=1S/C13H18ClN3O/c1-3-11-13(14)12(17(4-2)16-11)8-15-7-10-5-6-18-9-10/h5-6,9,15H,3-4,7-8H2,1-2H3. The molecule has 98 valence electrons. The van der Waals surface area contributed by atoms with Crippen molar-refractivity contribution in [2.45, 2.75) is 39.9 Å². The highest BCUT2D eigenvalue weighted by Gasteiger charge is 2.13. The van der Waals surface area contributed by atoms with E-state index in [9.17, 15) is 0 Å². The van der Waals surface area contributed by atoms with Gasteiger partial charge in [0, 0.05) is 25.2 Å². The molecule has 2 heterocycles. The van der Waals surface area contributed by atoms with Crippen LogP contribution in [0, 0.1) is 0 Å². The van der Waals surface area contributed by atoms with Gasteiger partial charge in [0.25, 0.3) is 0 Å². The predicted molar refractivity (Wildman–Crippen MR) is 71.5 cm³/mol. The summed E-state index contributed by atoms with van der Waals surface area (Å²) in [5.74, 6) is 0. The second-order valence-electron chi connectivity index (χ2n) is 4.11. The first-order valence-corrected chi connectivity index (χ1v) is 6.59. The Balaban J connectivity index is 2.01. The van der Waals surface area contributed by atoms with Crippen LogP contribution in [-0.2, 0) is 26.1 Å². The average Bonchev–Trinajstić information content (AvgIpc) is 2.99. The number of hydrogen-bond donors (Lipinski definition) is 1. The number of nitrogens with one attached hydrogen (secondary N) is 1. The highest BCUT2D eigenvalue weighted by atomic mass is 35.5. The van der Waals surface area contributed by atoms with Crippen molar-refractivity contribution in [3.05, 3.63) is 40.6 Å². The van der Waals surface area contributed by atoms with Crippen LogP contribution >= 0.6 is 11.6 Å². The van der Waals surface area contributed by atoms with E-state index in [4.69, 9.17) is 16.0 Å². The Morgan fingerprint density at radius 3 is 2.83 bits per heavy atom. The molecule has 0 aliphatic rings. The third-order valence-corrected chi connectivity index (χ3v) is 3.33. The lowest BCUT2D eigenvalue weighted by atomic mass is 10.3. The summed E-state index contributed by atoms with van der Waals surface area (Å²) >= 11 is 6.33. The number of rotatable bonds is 6. The minimum Gasteiger partial charge on any atom is -0.472 e. The van der Waals surface area contributed by atoms with Crippen LogP contribution < -0.4 is 5.32 Å². The number of halogens is 1. The lowest BCUT2D eigenvalue weighted by Crippen LogP contribution is -2.16. The van der Waals surface area contributed by atoms with Gasteiger partial charge in [-0.25, -0.2) is 0 Å². The van der Waals surface area contributed by atoms with Crippen LogP contribution in [0.4, 0.5) is 0 Å². The predicted octanol–water partition coefficient (Wildman–Crippen LogP) is 3.00. The van der Waals surface area contributed by atoms with Crippen molar-refractivity contribution >= 4 is 11.6 Å². The maximum atomic E-state index is 6.33. The molecule has 0 aliphatic heterocycles. The first-order chi connectivity index (χ1) is 8.76. The summed E-state index contributed by atoms with van der Waals surface area (Å²) in [5.41, 5.74) is 3.16. The van der Waals surface area contributed by atoms with E-state index in [1.54, 1.807) is 12.5 Å². The zero-order chi connectivity index (χ0) is 13.0. The van der Waals surface area contributed by atoms with Crippen LogP contribution in [0.1, 0.15) is 30.8 Å². The van der Waals surface area contributed by atoms with E-state index >= 15 is 0 Å². The van der Waals surface area contributed by atoms with E-state index in [1.807, 2.05) is 10.7 Å². The second kappa shape index (κ2) is 6.07. The van der Waals surface area contributed by atoms with Crippen molar-refractivity contribution in [1.29, 1.82) is 0 Å². The minimum absolute atomic E-state index is 0.713. The van der Waals surface area contributed by atoms with E-state index in [0.717, 1.165) is 41.5 Å². The molecule has 5 heteroatoms. The molecule has 0 bridgehead atoms. The van der Waals surface area contributed by atoms with Gasteiger partial charge in [0.2, 0.25) is 0 Å². The summed E-state index contributed by atoms with van der Waals surface area (Å²) in [6.07, 6.45) is 4.28. The number of furan rings is 1. The Labute approximate surface area is 112 Å². The maximum absolute atomic E-state index is 6.33. The van der Waals surface area contributed by atoms with Gasteiger partial charge in [0.1, 0.15) is 0 Å². The molecule has 0 unspecified atom stereocenters. The SMILES string of the molecule is CCc1nn(CC)c(CNCc2ccoc2)c1Cl. The summed E-state index contributed by atoms with van der Waals surface area (Å²) in [6.45, 7) is 6.45. The van der Waals surface area contributed by atoms with Crippen molar-refractivity contribution in [2.75, 3.05) is 0 Å². The van der Waals surface area contributed by atoms with Crippen molar-refractivity contribution < 1.29 is 4.42 Å². The van der Waals surface area contributed by atoms with Gasteiger partial charge in [-0.05, 0) is 19.4 Å². The van der Waals surface area contributed by atoms with E-state index < -0.39 is 0 Å². The van der Waals surface area contributed by atoms with E-state index in [0.29, 0.717) is 6.54 Å². The van der Waals surface area contributed by atoms with Crippen LogP contribution in [0.5, 0.6) is 0 Å². The molecule has 18 heavy (non-hydrogen) atoms. The summed E-state index contributed by atoms with van der Waals surface area (Å²) in [5, 5.41) is 8.63. The fourth-order valence-corrected chi connectivity index (χ4v) is 2.24. The van der Waals surface area contributed by atoms with Crippen LogP contribution in [0.3, 0.4) is 0 Å². The molecule has 0 saturated heterocycles. The highest BCUT2D eigenvalue weighted by Crippen LogP contribution is 2.21. The first-order valence-electron chi connectivity index (χ1n) is 6.22. The third kappa shape index (κ3) is 2.76. The number of aromatic nitrogens is 2. The van der Waals surface area contributed by atoms with Gasteiger partial charge in [-0.1, -0.05) is 18.5 Å². The van der Waals surface area contributed by atoms with Gasteiger partial charge in [-0.2, -0.15) is 5.10 Å². The highest BCUT2D eigenvalue weighted by molar-refractivity contribution is 6.31. The second-order valence-corrected chi connectivity index (χ2v) is 4.49. The largest absolute Gasteiger partial charge is 0.472 e. The fraction of sp³-hybridized carbons (Fsp3) is 0.462. The molecule has 2 aromatic rings. The van der Waals surface area contributed by atoms with Gasteiger partial charge in [-0.15, -0.1) is 0 Å². The van der Waals surface area contributed by atoms with Crippen LogP contribution in [0.2, 0.25) is 5.02 Å².